The molecule has 2 aromatic carbocycles. The molecule has 25 heavy (non-hydrogen) atoms. The molecule has 0 spiro atoms. The van der Waals surface area contributed by atoms with E-state index >= 15 is 0 Å². The number of benzene rings is 2. The average Bonchev–Trinajstić information content (AvgIpc) is 2.93. The minimum absolute atomic E-state index is 0.0855. The molecule has 0 aliphatic carbocycles. The molecular weight excluding hydrogens is 318 g/mol. The van der Waals surface area contributed by atoms with Gasteiger partial charge in [0, 0.05) is 11.5 Å². The summed E-state index contributed by atoms with van der Waals surface area (Å²) in [5.74, 6) is 2.37. The lowest BCUT2D eigenvalue weighted by molar-refractivity contribution is 0.0942. The number of hydrogen-bond donors (Lipinski definition) is 1. The van der Waals surface area contributed by atoms with E-state index in [0.717, 1.165) is 17.1 Å². The van der Waals surface area contributed by atoms with Crippen molar-refractivity contribution in [2.45, 2.75) is 25.9 Å². The molecule has 1 N–H and O–H groups in total. The van der Waals surface area contributed by atoms with Crippen molar-refractivity contribution in [2.75, 3.05) is 20.3 Å². The maximum absolute atomic E-state index is 12.4. The Balaban J connectivity index is 1.53. The van der Waals surface area contributed by atoms with Crippen LogP contribution in [-0.4, -0.2) is 32.3 Å². The third-order valence-electron chi connectivity index (χ3n) is 4.50. The molecule has 2 aromatic rings. The van der Waals surface area contributed by atoms with E-state index in [0.29, 0.717) is 30.4 Å². The fourth-order valence-electron chi connectivity index (χ4n) is 2.87. The number of rotatable bonds is 6. The first kappa shape index (κ1) is 17.1. The van der Waals surface area contributed by atoms with Crippen molar-refractivity contribution in [2.24, 2.45) is 0 Å². The number of methoxy groups -OCH3 is 1. The van der Waals surface area contributed by atoms with Gasteiger partial charge in [-0.15, -0.1) is 0 Å². The van der Waals surface area contributed by atoms with Crippen molar-refractivity contribution >= 4 is 5.91 Å². The second-order valence-corrected chi connectivity index (χ2v) is 6.12. The van der Waals surface area contributed by atoms with Crippen molar-refractivity contribution < 1.29 is 19.0 Å². The SMILES string of the molecule is COc1ccc(OCCNC(=O)c2cccc3c2O[C@H](C)[C@@H]3C)cc1. The Bertz CT molecular complexity index is 742. The second kappa shape index (κ2) is 7.47. The maximum Gasteiger partial charge on any atom is 0.255 e. The Labute approximate surface area is 147 Å². The van der Waals surface area contributed by atoms with Gasteiger partial charge in [0.25, 0.3) is 5.91 Å². The Kier molecular flexibility index (Phi) is 5.12. The van der Waals surface area contributed by atoms with E-state index in [1.807, 2.05) is 43.3 Å². The van der Waals surface area contributed by atoms with Gasteiger partial charge in [0.05, 0.1) is 19.2 Å². The summed E-state index contributed by atoms with van der Waals surface area (Å²) < 4.78 is 16.6. The van der Waals surface area contributed by atoms with Gasteiger partial charge in [0.1, 0.15) is 30.0 Å². The number of fused-ring (bicyclic) bond motifs is 1. The molecular formula is C20H23NO4. The summed E-state index contributed by atoms with van der Waals surface area (Å²) in [7, 11) is 1.62. The number of carbonyl (C=O) groups excluding carboxylic acids is 1. The van der Waals surface area contributed by atoms with Gasteiger partial charge in [-0.1, -0.05) is 19.1 Å². The molecule has 3 rings (SSSR count). The van der Waals surface area contributed by atoms with Crippen LogP contribution in [0.15, 0.2) is 42.5 Å². The van der Waals surface area contributed by atoms with Gasteiger partial charge in [-0.05, 0) is 37.3 Å². The van der Waals surface area contributed by atoms with Crippen LogP contribution in [0.2, 0.25) is 0 Å². The standard InChI is InChI=1S/C20H23NO4/c1-13-14(2)25-19-17(13)5-4-6-18(19)20(22)21-11-12-24-16-9-7-15(23-3)8-10-16/h4-10,13-14H,11-12H2,1-3H3,(H,21,22)/t13-,14+/m0/s1. The molecule has 0 fully saturated rings. The second-order valence-electron chi connectivity index (χ2n) is 6.12. The van der Waals surface area contributed by atoms with E-state index in [9.17, 15) is 4.79 Å². The molecule has 132 valence electrons. The van der Waals surface area contributed by atoms with E-state index in [1.54, 1.807) is 13.2 Å². The summed E-state index contributed by atoms with van der Waals surface area (Å²) in [5.41, 5.74) is 1.67. The molecule has 1 aliphatic rings. The van der Waals surface area contributed by atoms with Crippen molar-refractivity contribution in [1.29, 1.82) is 0 Å². The van der Waals surface area contributed by atoms with Gasteiger partial charge < -0.3 is 19.5 Å². The summed E-state index contributed by atoms with van der Waals surface area (Å²) >= 11 is 0. The maximum atomic E-state index is 12.4. The molecule has 1 amide bonds. The molecule has 0 saturated carbocycles. The van der Waals surface area contributed by atoms with E-state index in [2.05, 4.69) is 12.2 Å². The van der Waals surface area contributed by atoms with Gasteiger partial charge in [-0.2, -0.15) is 0 Å². The van der Waals surface area contributed by atoms with Gasteiger partial charge in [0.2, 0.25) is 0 Å². The lowest BCUT2D eigenvalue weighted by Crippen LogP contribution is -2.28. The van der Waals surface area contributed by atoms with Crippen molar-refractivity contribution in [3.8, 4) is 17.2 Å². The Morgan fingerprint density at radius 2 is 1.84 bits per heavy atom. The minimum Gasteiger partial charge on any atom is -0.497 e. The number of ether oxygens (including phenoxy) is 3. The molecule has 5 heteroatoms. The van der Waals surface area contributed by atoms with Crippen molar-refractivity contribution in [3.63, 3.8) is 0 Å². The first-order chi connectivity index (χ1) is 12.1. The summed E-state index contributed by atoms with van der Waals surface area (Å²) in [4.78, 5) is 12.4. The first-order valence-corrected chi connectivity index (χ1v) is 8.44. The third-order valence-corrected chi connectivity index (χ3v) is 4.50. The topological polar surface area (TPSA) is 56.8 Å². The zero-order valence-corrected chi connectivity index (χ0v) is 14.7. The number of nitrogens with one attached hydrogen (secondary N) is 1. The molecule has 0 aromatic heterocycles. The fraction of sp³-hybridized carbons (Fsp3) is 0.350. The predicted molar refractivity (Wildman–Crippen MR) is 95.8 cm³/mol. The average molecular weight is 341 g/mol. The Morgan fingerprint density at radius 3 is 2.56 bits per heavy atom. The van der Waals surface area contributed by atoms with Crippen LogP contribution in [0, 0.1) is 0 Å². The van der Waals surface area contributed by atoms with E-state index in [-0.39, 0.29) is 12.0 Å². The van der Waals surface area contributed by atoms with Gasteiger partial charge >= 0.3 is 0 Å². The highest BCUT2D eigenvalue weighted by Crippen LogP contribution is 2.40. The van der Waals surface area contributed by atoms with E-state index in [1.165, 1.54) is 0 Å². The summed E-state index contributed by atoms with van der Waals surface area (Å²) in [6, 6.07) is 13.1. The normalized spacial score (nSPS) is 18.2. The highest BCUT2D eigenvalue weighted by molar-refractivity contribution is 5.97. The molecule has 1 heterocycles. The van der Waals surface area contributed by atoms with E-state index < -0.39 is 0 Å². The third kappa shape index (κ3) is 3.71. The Hall–Kier alpha value is -2.69. The molecule has 0 bridgehead atoms. The number of hydrogen-bond acceptors (Lipinski definition) is 4. The number of carbonyl (C=O) groups is 1. The lowest BCUT2D eigenvalue weighted by atomic mass is 9.97. The zero-order valence-electron chi connectivity index (χ0n) is 14.7. The van der Waals surface area contributed by atoms with Crippen LogP contribution < -0.4 is 19.5 Å². The quantitative estimate of drug-likeness (QED) is 0.818. The summed E-state index contributed by atoms with van der Waals surface area (Å²) in [6.07, 6.45) is 0.0855. The molecule has 2 atom stereocenters. The molecule has 1 aliphatic heterocycles. The molecule has 5 nitrogen and oxygen atoms in total. The monoisotopic (exact) mass is 341 g/mol. The van der Waals surface area contributed by atoms with Gasteiger partial charge in [-0.25, -0.2) is 0 Å². The van der Waals surface area contributed by atoms with Crippen LogP contribution in [0.4, 0.5) is 0 Å². The smallest absolute Gasteiger partial charge is 0.255 e. The van der Waals surface area contributed by atoms with Crippen LogP contribution in [-0.2, 0) is 0 Å². The lowest BCUT2D eigenvalue weighted by Gasteiger charge is -2.11. The fourth-order valence-corrected chi connectivity index (χ4v) is 2.87. The van der Waals surface area contributed by atoms with Crippen molar-refractivity contribution in [1.82, 2.24) is 5.32 Å². The van der Waals surface area contributed by atoms with Crippen LogP contribution in [0.5, 0.6) is 17.2 Å². The number of para-hydroxylation sites is 1. The molecule has 0 radical (unpaired) electrons. The molecule has 0 unspecified atom stereocenters. The van der Waals surface area contributed by atoms with Crippen LogP contribution in [0.1, 0.15) is 35.7 Å². The van der Waals surface area contributed by atoms with Crippen LogP contribution >= 0.6 is 0 Å². The van der Waals surface area contributed by atoms with Gasteiger partial charge in [-0.3, -0.25) is 4.79 Å². The largest absolute Gasteiger partial charge is 0.497 e. The molecule has 0 saturated heterocycles. The minimum atomic E-state index is -0.142. The van der Waals surface area contributed by atoms with Crippen LogP contribution in [0.25, 0.3) is 0 Å². The predicted octanol–water partition coefficient (Wildman–Crippen LogP) is 3.39. The van der Waals surface area contributed by atoms with E-state index in [4.69, 9.17) is 14.2 Å². The highest BCUT2D eigenvalue weighted by Gasteiger charge is 2.30. The first-order valence-electron chi connectivity index (χ1n) is 8.44. The Morgan fingerprint density at radius 1 is 1.12 bits per heavy atom. The zero-order chi connectivity index (χ0) is 17.8. The summed E-state index contributed by atoms with van der Waals surface area (Å²) in [6.45, 7) is 4.94. The summed E-state index contributed by atoms with van der Waals surface area (Å²) in [5, 5.41) is 2.88. The highest BCUT2D eigenvalue weighted by atomic mass is 16.5. The van der Waals surface area contributed by atoms with Crippen molar-refractivity contribution in [3.05, 3.63) is 53.6 Å². The van der Waals surface area contributed by atoms with Crippen LogP contribution in [0.3, 0.4) is 0 Å². The number of amides is 1. The van der Waals surface area contributed by atoms with Gasteiger partial charge in [0.15, 0.2) is 0 Å².